The molecule has 4 unspecified atom stereocenters. The number of methoxy groups -OCH3 is 1. The smallest absolute Gasteiger partial charge is 0.308 e. The number of piperidine rings is 1. The Kier molecular flexibility index (Phi) is 7.06. The highest BCUT2D eigenvalue weighted by Crippen LogP contribution is 2.51. The van der Waals surface area contributed by atoms with Crippen LogP contribution in [0.3, 0.4) is 0 Å². The van der Waals surface area contributed by atoms with Crippen molar-refractivity contribution in [1.29, 1.82) is 0 Å². The minimum Gasteiger partial charge on any atom is -0.427 e. The Morgan fingerprint density at radius 2 is 1.81 bits per heavy atom. The number of benzene rings is 3. The third kappa shape index (κ3) is 4.88. The highest BCUT2D eigenvalue weighted by molar-refractivity contribution is 5.98. The number of nitrogens with zero attached hydrogens (tertiary/aromatic N) is 2. The summed E-state index contributed by atoms with van der Waals surface area (Å²) in [7, 11) is 5.87. The van der Waals surface area contributed by atoms with Crippen LogP contribution in [-0.4, -0.2) is 68.1 Å². The first-order chi connectivity index (χ1) is 17.8. The van der Waals surface area contributed by atoms with Gasteiger partial charge in [0, 0.05) is 50.6 Å². The summed E-state index contributed by atoms with van der Waals surface area (Å²) in [4.78, 5) is 29.7. The van der Waals surface area contributed by atoms with E-state index < -0.39 is 0 Å². The fraction of sp³-hybridized carbons (Fsp3) is 0.419. The second-order valence-electron chi connectivity index (χ2n) is 10.7. The second-order valence-corrected chi connectivity index (χ2v) is 10.7. The van der Waals surface area contributed by atoms with Crippen molar-refractivity contribution in [3.8, 4) is 5.75 Å². The van der Waals surface area contributed by atoms with Gasteiger partial charge in [0.2, 0.25) is 0 Å². The lowest BCUT2D eigenvalue weighted by Gasteiger charge is -2.56. The predicted molar refractivity (Wildman–Crippen MR) is 145 cm³/mol. The molecule has 194 valence electrons. The molecular formula is C31H36N2O4. The number of carbonyl (C=O) groups is 2. The Bertz CT molecular complexity index is 1310. The van der Waals surface area contributed by atoms with E-state index >= 15 is 0 Å². The van der Waals surface area contributed by atoms with Crippen molar-refractivity contribution in [2.75, 3.05) is 34.3 Å². The van der Waals surface area contributed by atoms with Crippen LogP contribution in [-0.2, 0) is 14.9 Å². The fourth-order valence-corrected chi connectivity index (χ4v) is 6.60. The summed E-state index contributed by atoms with van der Waals surface area (Å²) in [6.45, 7) is 3.30. The molecule has 6 heteroatoms. The van der Waals surface area contributed by atoms with Gasteiger partial charge in [-0.05, 0) is 73.5 Å². The van der Waals surface area contributed by atoms with Crippen LogP contribution in [0.25, 0.3) is 10.8 Å². The van der Waals surface area contributed by atoms with E-state index in [1.54, 1.807) is 7.11 Å². The zero-order chi connectivity index (χ0) is 26.2. The molecule has 0 spiro atoms. The van der Waals surface area contributed by atoms with Crippen LogP contribution in [0.5, 0.6) is 5.75 Å². The molecule has 3 aromatic carbocycles. The van der Waals surface area contributed by atoms with Gasteiger partial charge < -0.3 is 19.3 Å². The lowest BCUT2D eigenvalue weighted by atomic mass is 9.56. The Labute approximate surface area is 219 Å². The Hall–Kier alpha value is -3.22. The summed E-state index contributed by atoms with van der Waals surface area (Å²) in [5.41, 5.74) is 1.67. The highest BCUT2D eigenvalue weighted by atomic mass is 16.5. The molecule has 5 rings (SSSR count). The maximum absolute atomic E-state index is 13.7. The summed E-state index contributed by atoms with van der Waals surface area (Å²) in [5.74, 6) is 0.533. The van der Waals surface area contributed by atoms with Crippen molar-refractivity contribution in [3.05, 3.63) is 77.9 Å². The van der Waals surface area contributed by atoms with Crippen molar-refractivity contribution >= 4 is 22.6 Å². The van der Waals surface area contributed by atoms with Gasteiger partial charge in [-0.1, -0.05) is 42.5 Å². The van der Waals surface area contributed by atoms with Crippen LogP contribution < -0.4 is 4.74 Å². The summed E-state index contributed by atoms with van der Waals surface area (Å²) in [5, 5.41) is 2.19. The van der Waals surface area contributed by atoms with Crippen LogP contribution in [0.4, 0.5) is 0 Å². The molecule has 1 saturated heterocycles. The molecule has 1 saturated carbocycles. The second kappa shape index (κ2) is 10.3. The van der Waals surface area contributed by atoms with Gasteiger partial charge >= 0.3 is 5.97 Å². The molecule has 0 bridgehead atoms. The number of rotatable bonds is 5. The molecule has 2 aliphatic rings. The van der Waals surface area contributed by atoms with E-state index in [0.717, 1.165) is 48.7 Å². The number of hydrogen-bond donors (Lipinski definition) is 0. The Morgan fingerprint density at radius 1 is 1.03 bits per heavy atom. The molecule has 1 aliphatic heterocycles. The third-order valence-electron chi connectivity index (χ3n) is 8.55. The molecular weight excluding hydrogens is 464 g/mol. The topological polar surface area (TPSA) is 59.1 Å². The van der Waals surface area contributed by atoms with Gasteiger partial charge in [-0.25, -0.2) is 0 Å². The average Bonchev–Trinajstić information content (AvgIpc) is 2.91. The summed E-state index contributed by atoms with van der Waals surface area (Å²) in [6.07, 6.45) is 2.58. The van der Waals surface area contributed by atoms with Crippen molar-refractivity contribution in [1.82, 2.24) is 9.80 Å². The first-order valence-corrected chi connectivity index (χ1v) is 13.1. The van der Waals surface area contributed by atoms with E-state index in [4.69, 9.17) is 9.47 Å². The lowest BCUT2D eigenvalue weighted by molar-refractivity contribution is -0.131. The van der Waals surface area contributed by atoms with Crippen LogP contribution in [0, 0.1) is 5.92 Å². The van der Waals surface area contributed by atoms with Gasteiger partial charge in [0.1, 0.15) is 5.75 Å². The van der Waals surface area contributed by atoms with Crippen LogP contribution >= 0.6 is 0 Å². The minimum absolute atomic E-state index is 0.00531. The van der Waals surface area contributed by atoms with E-state index in [0.29, 0.717) is 11.3 Å². The molecule has 2 fully saturated rings. The first kappa shape index (κ1) is 25.4. The molecule has 0 aromatic heterocycles. The van der Waals surface area contributed by atoms with Gasteiger partial charge in [-0.2, -0.15) is 0 Å². The van der Waals surface area contributed by atoms with Crippen LogP contribution in [0.15, 0.2) is 66.7 Å². The maximum atomic E-state index is 13.7. The zero-order valence-electron chi connectivity index (χ0n) is 22.1. The lowest BCUT2D eigenvalue weighted by Crippen LogP contribution is -2.61. The molecule has 0 N–H and O–H groups in total. The quantitative estimate of drug-likeness (QED) is 0.368. The number of ether oxygens (including phenoxy) is 2. The van der Waals surface area contributed by atoms with E-state index in [9.17, 15) is 9.59 Å². The first-order valence-electron chi connectivity index (χ1n) is 13.1. The van der Waals surface area contributed by atoms with Crippen molar-refractivity contribution in [2.24, 2.45) is 5.92 Å². The zero-order valence-corrected chi connectivity index (χ0v) is 22.1. The van der Waals surface area contributed by atoms with E-state index in [-0.39, 0.29) is 35.4 Å². The van der Waals surface area contributed by atoms with Gasteiger partial charge in [0.25, 0.3) is 5.91 Å². The molecule has 1 amide bonds. The summed E-state index contributed by atoms with van der Waals surface area (Å²) < 4.78 is 11.6. The van der Waals surface area contributed by atoms with Gasteiger partial charge in [-0.3, -0.25) is 9.59 Å². The molecule has 3 aromatic rings. The number of amides is 1. The van der Waals surface area contributed by atoms with Gasteiger partial charge in [0.05, 0.1) is 6.10 Å². The number of carbonyl (C=O) groups excluding carboxylic acids is 2. The molecule has 1 heterocycles. The molecule has 37 heavy (non-hydrogen) atoms. The third-order valence-corrected chi connectivity index (χ3v) is 8.55. The molecule has 1 aliphatic carbocycles. The fourth-order valence-electron chi connectivity index (χ4n) is 6.60. The average molecular weight is 501 g/mol. The summed E-state index contributed by atoms with van der Waals surface area (Å²) in [6, 6.07) is 22.0. The predicted octanol–water partition coefficient (Wildman–Crippen LogP) is 4.90. The summed E-state index contributed by atoms with van der Waals surface area (Å²) >= 11 is 0. The number of esters is 1. The number of likely N-dealkylation sites (tertiary alicyclic amines) is 1. The highest BCUT2D eigenvalue weighted by Gasteiger charge is 2.53. The molecule has 4 atom stereocenters. The minimum atomic E-state index is -0.327. The van der Waals surface area contributed by atoms with Crippen molar-refractivity contribution in [2.45, 2.75) is 43.7 Å². The number of hydrogen-bond acceptors (Lipinski definition) is 5. The van der Waals surface area contributed by atoms with Crippen LogP contribution in [0.1, 0.15) is 42.1 Å². The van der Waals surface area contributed by atoms with E-state index in [2.05, 4.69) is 24.1 Å². The SMILES string of the molecule is COC1CC(N(C)C(=O)c2ccc3ccccc3c2)CC2(c3cccc(OC(C)=O)c3)CCN(C)CC12. The normalized spacial score (nSPS) is 25.9. The van der Waals surface area contributed by atoms with Gasteiger partial charge in [0.15, 0.2) is 0 Å². The number of fused-ring (bicyclic) bond motifs is 2. The largest absolute Gasteiger partial charge is 0.427 e. The van der Waals surface area contributed by atoms with Gasteiger partial charge in [-0.15, -0.1) is 0 Å². The van der Waals surface area contributed by atoms with E-state index in [1.807, 2.05) is 66.5 Å². The Balaban J connectivity index is 1.50. The Morgan fingerprint density at radius 3 is 2.57 bits per heavy atom. The molecule has 6 nitrogen and oxygen atoms in total. The van der Waals surface area contributed by atoms with E-state index in [1.165, 1.54) is 6.92 Å². The molecule has 0 radical (unpaired) electrons. The monoisotopic (exact) mass is 500 g/mol. The maximum Gasteiger partial charge on any atom is 0.308 e. The van der Waals surface area contributed by atoms with Crippen LogP contribution in [0.2, 0.25) is 0 Å². The standard InChI is InChI=1S/C31H36N2O4/c1-21(34)37-27-11-7-10-25(17-27)31-14-15-32(2)20-28(31)29(36-4)18-26(19-31)33(3)30(35)24-13-12-22-8-5-6-9-23(22)16-24/h5-13,16-17,26,28-29H,14-15,18-20H2,1-4H3. The van der Waals surface area contributed by atoms with Crippen molar-refractivity contribution < 1.29 is 19.1 Å². The van der Waals surface area contributed by atoms with Crippen molar-refractivity contribution in [3.63, 3.8) is 0 Å².